The fourth-order valence-electron chi connectivity index (χ4n) is 2.88. The zero-order valence-electron chi connectivity index (χ0n) is 10.7. The molecule has 1 N–H and O–H groups in total. The molecular formula is C16H13BrF2O. The molecule has 0 saturated heterocycles. The number of fused-ring (bicyclic) bond motifs is 1. The minimum Gasteiger partial charge on any atom is -0.385 e. The molecule has 0 bridgehead atoms. The molecule has 1 nitrogen and oxygen atoms in total. The zero-order valence-corrected chi connectivity index (χ0v) is 12.3. The van der Waals surface area contributed by atoms with Gasteiger partial charge in [-0.15, -0.1) is 0 Å². The Balaban J connectivity index is 1.98. The number of aliphatic hydroxyl groups is 1. The summed E-state index contributed by atoms with van der Waals surface area (Å²) < 4.78 is 27.8. The molecule has 1 aliphatic carbocycles. The Morgan fingerprint density at radius 3 is 2.75 bits per heavy atom. The van der Waals surface area contributed by atoms with Crippen LogP contribution in [-0.4, -0.2) is 5.11 Å². The maximum atomic E-state index is 13.8. The van der Waals surface area contributed by atoms with Crippen molar-refractivity contribution in [2.45, 2.75) is 24.9 Å². The molecule has 1 unspecified atom stereocenters. The molecule has 0 aliphatic heterocycles. The lowest BCUT2D eigenvalue weighted by Gasteiger charge is -2.24. The molecule has 3 rings (SSSR count). The third-order valence-corrected chi connectivity index (χ3v) is 4.36. The quantitative estimate of drug-likeness (QED) is 0.873. The average Bonchev–Trinajstić information content (AvgIpc) is 2.71. The van der Waals surface area contributed by atoms with Crippen molar-refractivity contribution < 1.29 is 13.9 Å². The van der Waals surface area contributed by atoms with E-state index in [9.17, 15) is 13.9 Å². The summed E-state index contributed by atoms with van der Waals surface area (Å²) in [6.07, 6.45) is 1.29. The lowest BCUT2D eigenvalue weighted by Crippen LogP contribution is -2.26. The van der Waals surface area contributed by atoms with Crippen LogP contribution in [0.25, 0.3) is 0 Å². The summed E-state index contributed by atoms with van der Waals surface area (Å²) in [5, 5.41) is 10.8. The molecule has 2 aromatic carbocycles. The largest absolute Gasteiger partial charge is 0.385 e. The van der Waals surface area contributed by atoms with Gasteiger partial charge < -0.3 is 5.11 Å². The summed E-state index contributed by atoms with van der Waals surface area (Å²) >= 11 is 3.31. The van der Waals surface area contributed by atoms with E-state index in [4.69, 9.17) is 0 Å². The number of halogens is 3. The van der Waals surface area contributed by atoms with E-state index in [2.05, 4.69) is 15.9 Å². The van der Waals surface area contributed by atoms with Crippen LogP contribution in [0.4, 0.5) is 8.78 Å². The number of rotatable bonds is 2. The first-order valence-corrected chi connectivity index (χ1v) is 7.22. The molecule has 2 aromatic rings. The maximum Gasteiger partial charge on any atom is 0.126 e. The lowest BCUT2D eigenvalue weighted by atomic mass is 9.88. The molecule has 0 aromatic heterocycles. The van der Waals surface area contributed by atoms with E-state index >= 15 is 0 Å². The van der Waals surface area contributed by atoms with Crippen molar-refractivity contribution >= 4 is 15.9 Å². The van der Waals surface area contributed by atoms with Gasteiger partial charge in [-0.25, -0.2) is 8.78 Å². The SMILES string of the molecule is OC1(Cc2cc(Br)ccc2F)CCc2cc(F)ccc21. The van der Waals surface area contributed by atoms with Gasteiger partial charge in [-0.3, -0.25) is 0 Å². The summed E-state index contributed by atoms with van der Waals surface area (Å²) in [6.45, 7) is 0. The molecule has 0 saturated carbocycles. The van der Waals surface area contributed by atoms with E-state index in [0.29, 0.717) is 24.0 Å². The normalized spacial score (nSPS) is 21.0. The predicted molar refractivity (Wildman–Crippen MR) is 76.4 cm³/mol. The second-order valence-electron chi connectivity index (χ2n) is 5.25. The van der Waals surface area contributed by atoms with Crippen molar-refractivity contribution in [2.24, 2.45) is 0 Å². The number of hydrogen-bond donors (Lipinski definition) is 1. The maximum absolute atomic E-state index is 13.8. The van der Waals surface area contributed by atoms with Crippen LogP contribution in [0.5, 0.6) is 0 Å². The van der Waals surface area contributed by atoms with E-state index in [1.165, 1.54) is 18.2 Å². The topological polar surface area (TPSA) is 20.2 Å². The van der Waals surface area contributed by atoms with Crippen molar-refractivity contribution in [1.29, 1.82) is 0 Å². The molecule has 104 valence electrons. The Morgan fingerprint density at radius 2 is 1.95 bits per heavy atom. The highest BCUT2D eigenvalue weighted by Gasteiger charge is 2.37. The van der Waals surface area contributed by atoms with Crippen molar-refractivity contribution in [2.75, 3.05) is 0 Å². The summed E-state index contributed by atoms with van der Waals surface area (Å²) in [5.74, 6) is -0.640. The molecule has 1 aliphatic rings. The van der Waals surface area contributed by atoms with Gasteiger partial charge in [0.2, 0.25) is 0 Å². The summed E-state index contributed by atoms with van der Waals surface area (Å²) in [4.78, 5) is 0. The predicted octanol–water partition coefficient (Wildman–Crippen LogP) is 4.10. The van der Waals surface area contributed by atoms with Crippen LogP contribution in [-0.2, 0) is 18.4 Å². The van der Waals surface area contributed by atoms with Gasteiger partial charge in [-0.2, -0.15) is 0 Å². The Labute approximate surface area is 124 Å². The highest BCUT2D eigenvalue weighted by Crippen LogP contribution is 2.40. The Hall–Kier alpha value is -1.26. The second kappa shape index (κ2) is 4.93. The smallest absolute Gasteiger partial charge is 0.126 e. The minimum absolute atomic E-state index is 0.191. The molecule has 0 heterocycles. The van der Waals surface area contributed by atoms with E-state index in [0.717, 1.165) is 10.0 Å². The summed E-state index contributed by atoms with van der Waals surface area (Å²) in [6, 6.07) is 9.07. The van der Waals surface area contributed by atoms with Gasteiger partial charge in [-0.05, 0) is 59.9 Å². The van der Waals surface area contributed by atoms with Gasteiger partial charge in [0.25, 0.3) is 0 Å². The van der Waals surface area contributed by atoms with E-state index < -0.39 is 5.60 Å². The molecule has 0 amide bonds. The molecule has 20 heavy (non-hydrogen) atoms. The zero-order chi connectivity index (χ0) is 14.3. The third-order valence-electron chi connectivity index (χ3n) is 3.87. The molecule has 1 atom stereocenters. The second-order valence-corrected chi connectivity index (χ2v) is 6.16. The van der Waals surface area contributed by atoms with Crippen LogP contribution in [0.3, 0.4) is 0 Å². The Kier molecular flexibility index (Phi) is 3.38. The summed E-state index contributed by atoms with van der Waals surface area (Å²) in [5.41, 5.74) is 0.852. The van der Waals surface area contributed by atoms with Crippen molar-refractivity contribution in [3.63, 3.8) is 0 Å². The van der Waals surface area contributed by atoms with Gasteiger partial charge in [0, 0.05) is 10.9 Å². The highest BCUT2D eigenvalue weighted by atomic mass is 79.9. The average molecular weight is 339 g/mol. The standard InChI is InChI=1S/C16H13BrF2O/c17-12-1-4-15(19)11(7-12)9-16(20)6-5-10-8-13(18)2-3-14(10)16/h1-4,7-8,20H,5-6,9H2. The van der Waals surface area contributed by atoms with Crippen molar-refractivity contribution in [1.82, 2.24) is 0 Å². The van der Waals surface area contributed by atoms with Crippen LogP contribution in [0.2, 0.25) is 0 Å². The van der Waals surface area contributed by atoms with Crippen LogP contribution >= 0.6 is 15.9 Å². The lowest BCUT2D eigenvalue weighted by molar-refractivity contribution is 0.0381. The van der Waals surface area contributed by atoms with E-state index in [1.807, 2.05) is 0 Å². The number of benzene rings is 2. The number of aryl methyl sites for hydroxylation is 1. The van der Waals surface area contributed by atoms with Crippen molar-refractivity contribution in [3.05, 3.63) is 69.2 Å². The van der Waals surface area contributed by atoms with Gasteiger partial charge in [-0.1, -0.05) is 22.0 Å². The van der Waals surface area contributed by atoms with Crippen LogP contribution < -0.4 is 0 Å². The third kappa shape index (κ3) is 2.38. The highest BCUT2D eigenvalue weighted by molar-refractivity contribution is 9.10. The molecule has 0 radical (unpaired) electrons. The Bertz CT molecular complexity index is 672. The first kappa shape index (κ1) is 13.7. The van der Waals surface area contributed by atoms with E-state index in [1.54, 1.807) is 18.2 Å². The van der Waals surface area contributed by atoms with Crippen LogP contribution in [0.15, 0.2) is 40.9 Å². The van der Waals surface area contributed by atoms with Gasteiger partial charge in [0.05, 0.1) is 5.60 Å². The van der Waals surface area contributed by atoms with E-state index in [-0.39, 0.29) is 18.1 Å². The molecular weight excluding hydrogens is 326 g/mol. The van der Waals surface area contributed by atoms with Crippen LogP contribution in [0.1, 0.15) is 23.1 Å². The first-order valence-electron chi connectivity index (χ1n) is 6.43. The minimum atomic E-state index is -1.12. The fraction of sp³-hybridized carbons (Fsp3) is 0.250. The summed E-state index contributed by atoms with van der Waals surface area (Å²) in [7, 11) is 0. The first-order chi connectivity index (χ1) is 9.48. The van der Waals surface area contributed by atoms with Gasteiger partial charge in [0.15, 0.2) is 0 Å². The number of hydrogen-bond acceptors (Lipinski definition) is 1. The molecule has 0 fully saturated rings. The fourth-order valence-corrected chi connectivity index (χ4v) is 3.29. The monoisotopic (exact) mass is 338 g/mol. The van der Waals surface area contributed by atoms with Crippen LogP contribution in [0, 0.1) is 11.6 Å². The molecule has 0 spiro atoms. The molecule has 4 heteroatoms. The van der Waals surface area contributed by atoms with Gasteiger partial charge in [0.1, 0.15) is 11.6 Å². The Morgan fingerprint density at radius 1 is 1.15 bits per heavy atom. The van der Waals surface area contributed by atoms with Crippen molar-refractivity contribution in [3.8, 4) is 0 Å². The van der Waals surface area contributed by atoms with Gasteiger partial charge >= 0.3 is 0 Å².